The van der Waals surface area contributed by atoms with E-state index >= 15 is 0 Å². The molecule has 1 aromatic rings. The van der Waals surface area contributed by atoms with Gasteiger partial charge in [-0.2, -0.15) is 0 Å². The van der Waals surface area contributed by atoms with E-state index < -0.39 is 5.56 Å². The molecular formula is C9H11NO4. The molecule has 2 N–H and O–H groups in total. The van der Waals surface area contributed by atoms with Gasteiger partial charge in [0.25, 0.3) is 5.56 Å². The Morgan fingerprint density at radius 3 is 3.07 bits per heavy atom. The first-order chi connectivity index (χ1) is 6.74. The van der Waals surface area contributed by atoms with Crippen molar-refractivity contribution in [2.75, 3.05) is 6.61 Å². The van der Waals surface area contributed by atoms with Crippen LogP contribution in [0.25, 0.3) is 0 Å². The fourth-order valence-corrected chi connectivity index (χ4v) is 1.36. The van der Waals surface area contributed by atoms with Crippen molar-refractivity contribution in [3.05, 3.63) is 22.5 Å². The van der Waals surface area contributed by atoms with Crippen molar-refractivity contribution in [1.82, 2.24) is 4.98 Å². The van der Waals surface area contributed by atoms with Gasteiger partial charge < -0.3 is 14.6 Å². The highest BCUT2D eigenvalue weighted by atomic mass is 16.7. The molecule has 0 bridgehead atoms. The Kier molecular flexibility index (Phi) is 2.41. The third-order valence-corrected chi connectivity index (χ3v) is 1.96. The summed E-state index contributed by atoms with van der Waals surface area (Å²) in [4.78, 5) is 13.2. The summed E-state index contributed by atoms with van der Waals surface area (Å²) in [5.74, 6) is 0.128. The van der Waals surface area contributed by atoms with Crippen molar-refractivity contribution >= 4 is 0 Å². The number of pyridine rings is 1. The van der Waals surface area contributed by atoms with Gasteiger partial charge in [-0.1, -0.05) is 0 Å². The van der Waals surface area contributed by atoms with Crippen molar-refractivity contribution < 1.29 is 14.6 Å². The van der Waals surface area contributed by atoms with Crippen molar-refractivity contribution in [3.63, 3.8) is 0 Å². The molecule has 76 valence electrons. The van der Waals surface area contributed by atoms with Crippen LogP contribution in [-0.2, 0) is 4.74 Å². The van der Waals surface area contributed by atoms with Crippen LogP contribution in [0.3, 0.4) is 0 Å². The molecule has 0 aliphatic carbocycles. The number of nitrogens with one attached hydrogen (secondary N) is 1. The van der Waals surface area contributed by atoms with Crippen LogP contribution in [-0.4, -0.2) is 23.0 Å². The molecule has 0 aromatic carbocycles. The predicted molar refractivity (Wildman–Crippen MR) is 48.3 cm³/mol. The van der Waals surface area contributed by atoms with Gasteiger partial charge in [0, 0.05) is 18.6 Å². The van der Waals surface area contributed by atoms with Crippen LogP contribution in [0.2, 0.25) is 0 Å². The third kappa shape index (κ3) is 2.05. The fourth-order valence-electron chi connectivity index (χ4n) is 1.36. The quantitative estimate of drug-likeness (QED) is 0.728. The zero-order chi connectivity index (χ0) is 9.97. The average molecular weight is 197 g/mol. The molecule has 1 fully saturated rings. The van der Waals surface area contributed by atoms with Crippen molar-refractivity contribution in [2.45, 2.75) is 19.1 Å². The van der Waals surface area contributed by atoms with Gasteiger partial charge in [0.1, 0.15) is 5.75 Å². The number of hydrogen-bond acceptors (Lipinski definition) is 4. The minimum atomic E-state index is -0.391. The van der Waals surface area contributed by atoms with Gasteiger partial charge in [0.15, 0.2) is 12.2 Å². The maximum absolute atomic E-state index is 10.9. The zero-order valence-corrected chi connectivity index (χ0v) is 7.53. The summed E-state index contributed by atoms with van der Waals surface area (Å²) >= 11 is 0. The number of aromatic amines is 1. The Bertz CT molecular complexity index is 367. The number of rotatable bonds is 2. The fraction of sp³-hybridized carbons (Fsp3) is 0.444. The van der Waals surface area contributed by atoms with E-state index in [9.17, 15) is 4.79 Å². The molecule has 1 unspecified atom stereocenters. The first kappa shape index (κ1) is 9.08. The minimum Gasteiger partial charge on any atom is -0.494 e. The maximum atomic E-state index is 10.9. The maximum Gasteiger partial charge on any atom is 0.254 e. The van der Waals surface area contributed by atoms with Gasteiger partial charge in [0.05, 0.1) is 6.61 Å². The monoisotopic (exact) mass is 197 g/mol. The molecule has 1 atom stereocenters. The lowest BCUT2D eigenvalue weighted by atomic mass is 10.3. The summed E-state index contributed by atoms with van der Waals surface area (Å²) in [6, 6.07) is 2.63. The molecule has 5 heteroatoms. The average Bonchev–Trinajstić information content (AvgIpc) is 2.54. The second-order valence-corrected chi connectivity index (χ2v) is 3.13. The number of hydrogen-bond donors (Lipinski definition) is 2. The van der Waals surface area contributed by atoms with E-state index in [0.29, 0.717) is 12.4 Å². The van der Waals surface area contributed by atoms with Gasteiger partial charge in [-0.05, 0) is 6.42 Å². The summed E-state index contributed by atoms with van der Waals surface area (Å²) in [5, 5.41) is 9.09. The first-order valence-electron chi connectivity index (χ1n) is 4.45. The van der Waals surface area contributed by atoms with E-state index in [1.54, 1.807) is 0 Å². The molecule has 0 saturated carbocycles. The van der Waals surface area contributed by atoms with Gasteiger partial charge in [-0.25, -0.2) is 0 Å². The number of H-pyrrole nitrogens is 1. The molecule has 1 aliphatic rings. The van der Waals surface area contributed by atoms with Crippen LogP contribution in [0.5, 0.6) is 11.6 Å². The van der Waals surface area contributed by atoms with Crippen LogP contribution in [0, 0.1) is 0 Å². The van der Waals surface area contributed by atoms with Crippen LogP contribution in [0.4, 0.5) is 0 Å². The first-order valence-corrected chi connectivity index (χ1v) is 4.45. The van der Waals surface area contributed by atoms with Gasteiger partial charge in [0.2, 0.25) is 0 Å². The van der Waals surface area contributed by atoms with Gasteiger partial charge in [-0.15, -0.1) is 0 Å². The van der Waals surface area contributed by atoms with E-state index in [2.05, 4.69) is 4.98 Å². The third-order valence-electron chi connectivity index (χ3n) is 1.96. The SMILES string of the molecule is O=c1cc(OC2CCCO2)cc(O)[nH]1. The summed E-state index contributed by atoms with van der Waals surface area (Å²) in [5.41, 5.74) is -0.391. The molecule has 2 heterocycles. The summed E-state index contributed by atoms with van der Waals surface area (Å²) in [6.07, 6.45) is 1.48. The summed E-state index contributed by atoms with van der Waals surface area (Å²) in [7, 11) is 0. The van der Waals surface area contributed by atoms with Crippen LogP contribution >= 0.6 is 0 Å². The smallest absolute Gasteiger partial charge is 0.254 e. The van der Waals surface area contributed by atoms with E-state index in [1.807, 2.05) is 0 Å². The lowest BCUT2D eigenvalue weighted by molar-refractivity contribution is -0.0392. The Morgan fingerprint density at radius 1 is 1.57 bits per heavy atom. The topological polar surface area (TPSA) is 71.6 Å². The number of aromatic nitrogens is 1. The highest BCUT2D eigenvalue weighted by Crippen LogP contribution is 2.19. The van der Waals surface area contributed by atoms with Gasteiger partial charge >= 0.3 is 0 Å². The van der Waals surface area contributed by atoms with E-state index in [-0.39, 0.29) is 12.2 Å². The van der Waals surface area contributed by atoms with Gasteiger partial charge in [-0.3, -0.25) is 9.78 Å². The molecule has 0 radical (unpaired) electrons. The molecule has 2 rings (SSSR count). The standard InChI is InChI=1S/C9H11NO4/c11-7-4-6(5-8(12)10-7)14-9-2-1-3-13-9/h4-5,9H,1-3H2,(H2,10,11,12). The largest absolute Gasteiger partial charge is 0.494 e. The molecular weight excluding hydrogens is 186 g/mol. The van der Waals surface area contributed by atoms with Crippen molar-refractivity contribution in [3.8, 4) is 11.6 Å². The minimum absolute atomic E-state index is 0.203. The molecule has 1 aliphatic heterocycles. The Balaban J connectivity index is 2.11. The van der Waals surface area contributed by atoms with Crippen LogP contribution in [0.1, 0.15) is 12.8 Å². The molecule has 14 heavy (non-hydrogen) atoms. The van der Waals surface area contributed by atoms with Crippen LogP contribution in [0.15, 0.2) is 16.9 Å². The summed E-state index contributed by atoms with van der Waals surface area (Å²) in [6.45, 7) is 0.680. The normalized spacial score (nSPS) is 21.0. The van der Waals surface area contributed by atoms with E-state index in [0.717, 1.165) is 12.8 Å². The summed E-state index contributed by atoms with van der Waals surface area (Å²) < 4.78 is 10.6. The molecule has 5 nitrogen and oxygen atoms in total. The van der Waals surface area contributed by atoms with Crippen LogP contribution < -0.4 is 10.3 Å². The van der Waals surface area contributed by atoms with Crippen molar-refractivity contribution in [1.29, 1.82) is 0 Å². The molecule has 0 amide bonds. The van der Waals surface area contributed by atoms with E-state index in [4.69, 9.17) is 14.6 Å². The van der Waals surface area contributed by atoms with E-state index in [1.165, 1.54) is 12.1 Å². The van der Waals surface area contributed by atoms with Crippen molar-refractivity contribution in [2.24, 2.45) is 0 Å². The zero-order valence-electron chi connectivity index (χ0n) is 7.53. The molecule has 1 aromatic heterocycles. The Morgan fingerprint density at radius 2 is 2.43 bits per heavy atom. The lowest BCUT2D eigenvalue weighted by Crippen LogP contribution is -2.15. The second-order valence-electron chi connectivity index (χ2n) is 3.13. The Labute approximate surface area is 80.3 Å². The number of ether oxygens (including phenoxy) is 2. The molecule has 0 spiro atoms. The highest BCUT2D eigenvalue weighted by molar-refractivity contribution is 5.25. The highest BCUT2D eigenvalue weighted by Gasteiger charge is 2.17. The molecule has 1 saturated heterocycles. The predicted octanol–water partition coefficient (Wildman–Crippen LogP) is 0.596. The number of aromatic hydroxyl groups is 1. The second kappa shape index (κ2) is 3.71. The lowest BCUT2D eigenvalue weighted by Gasteiger charge is -2.11. The Hall–Kier alpha value is -1.49.